The first-order valence-electron chi connectivity index (χ1n) is 4.67. The minimum atomic E-state index is 0.547. The number of nitrogens with zero attached hydrogens (tertiary/aromatic N) is 2. The first-order valence-corrected chi connectivity index (χ1v) is 4.67. The Hall–Kier alpha value is -1.12. The molecule has 1 rings (SSSR count). The number of aldehydes is 1. The fourth-order valence-corrected chi connectivity index (χ4v) is 1.64. The lowest BCUT2D eigenvalue weighted by atomic mass is 10.1. The van der Waals surface area contributed by atoms with E-state index in [2.05, 4.69) is 18.9 Å². The smallest absolute Gasteiger partial charge is 0.121 e. The lowest BCUT2D eigenvalue weighted by Gasteiger charge is -2.00. The maximum absolute atomic E-state index is 10.2. The Morgan fingerprint density at radius 2 is 2.15 bits per heavy atom. The van der Waals surface area contributed by atoms with Gasteiger partial charge < -0.3 is 4.79 Å². The van der Waals surface area contributed by atoms with Crippen molar-refractivity contribution in [2.75, 3.05) is 0 Å². The Bertz CT molecular complexity index is 302. The van der Waals surface area contributed by atoms with Gasteiger partial charge in [-0.25, -0.2) is 0 Å². The summed E-state index contributed by atoms with van der Waals surface area (Å²) in [5.41, 5.74) is 3.60. The van der Waals surface area contributed by atoms with Crippen molar-refractivity contribution >= 4 is 6.29 Å². The topological polar surface area (TPSA) is 34.9 Å². The van der Waals surface area contributed by atoms with E-state index in [4.69, 9.17) is 0 Å². The molecule has 3 nitrogen and oxygen atoms in total. The van der Waals surface area contributed by atoms with Gasteiger partial charge in [0.25, 0.3) is 0 Å². The van der Waals surface area contributed by atoms with Crippen molar-refractivity contribution < 1.29 is 4.79 Å². The molecule has 0 amide bonds. The lowest BCUT2D eigenvalue weighted by Crippen LogP contribution is -2.03. The Kier molecular flexibility index (Phi) is 3.23. The zero-order chi connectivity index (χ0) is 9.84. The number of hydrogen-bond acceptors (Lipinski definition) is 2. The average Bonchev–Trinajstić information content (AvgIpc) is 2.38. The molecule has 13 heavy (non-hydrogen) atoms. The molecule has 0 aliphatic carbocycles. The molecule has 0 fully saturated rings. The second-order valence-corrected chi connectivity index (χ2v) is 3.18. The summed E-state index contributed by atoms with van der Waals surface area (Å²) in [7, 11) is 0. The van der Waals surface area contributed by atoms with E-state index in [9.17, 15) is 4.79 Å². The van der Waals surface area contributed by atoms with Crippen LogP contribution in [0.15, 0.2) is 0 Å². The summed E-state index contributed by atoms with van der Waals surface area (Å²) >= 11 is 0. The summed E-state index contributed by atoms with van der Waals surface area (Å²) in [5, 5.41) is 4.38. The summed E-state index contributed by atoms with van der Waals surface area (Å²) in [6.45, 7) is 6.91. The van der Waals surface area contributed by atoms with Crippen molar-refractivity contribution in [3.63, 3.8) is 0 Å². The number of carbonyl (C=O) groups excluding carboxylic acids is 1. The zero-order valence-electron chi connectivity index (χ0n) is 8.50. The van der Waals surface area contributed by atoms with Gasteiger partial charge in [0, 0.05) is 18.7 Å². The minimum absolute atomic E-state index is 0.547. The minimum Gasteiger partial charge on any atom is -0.303 e. The Morgan fingerprint density at radius 1 is 1.46 bits per heavy atom. The number of carbonyl (C=O) groups is 1. The van der Waals surface area contributed by atoms with Crippen LogP contribution in [0.3, 0.4) is 0 Å². The van der Waals surface area contributed by atoms with Crippen LogP contribution in [0.1, 0.15) is 30.3 Å². The Labute approximate surface area is 78.8 Å². The SMILES string of the molecule is CCc1c(C)nn(CCC=O)c1C. The Balaban J connectivity index is 2.89. The van der Waals surface area contributed by atoms with Gasteiger partial charge in [0.2, 0.25) is 0 Å². The molecule has 0 saturated carbocycles. The molecule has 0 aliphatic rings. The molecule has 0 aliphatic heterocycles. The molecule has 0 spiro atoms. The second-order valence-electron chi connectivity index (χ2n) is 3.18. The van der Waals surface area contributed by atoms with Gasteiger partial charge >= 0.3 is 0 Å². The molecule has 3 heteroatoms. The fourth-order valence-electron chi connectivity index (χ4n) is 1.64. The molecule has 0 radical (unpaired) electrons. The van der Waals surface area contributed by atoms with Crippen molar-refractivity contribution in [3.05, 3.63) is 17.0 Å². The van der Waals surface area contributed by atoms with Crippen LogP contribution in [0.5, 0.6) is 0 Å². The molecular weight excluding hydrogens is 164 g/mol. The van der Waals surface area contributed by atoms with E-state index < -0.39 is 0 Å². The van der Waals surface area contributed by atoms with E-state index in [1.54, 1.807) is 0 Å². The van der Waals surface area contributed by atoms with Crippen molar-refractivity contribution in [2.24, 2.45) is 0 Å². The van der Waals surface area contributed by atoms with E-state index in [-0.39, 0.29) is 0 Å². The first-order chi connectivity index (χ1) is 6.20. The molecule has 0 atom stereocenters. The van der Waals surface area contributed by atoms with Gasteiger partial charge in [0.15, 0.2) is 0 Å². The van der Waals surface area contributed by atoms with Gasteiger partial charge in [-0.05, 0) is 25.8 Å². The normalized spacial score (nSPS) is 10.4. The summed E-state index contributed by atoms with van der Waals surface area (Å²) in [6.07, 6.45) is 2.49. The van der Waals surface area contributed by atoms with Crippen molar-refractivity contribution in [1.29, 1.82) is 0 Å². The third kappa shape index (κ3) is 1.97. The largest absolute Gasteiger partial charge is 0.303 e. The first kappa shape index (κ1) is 9.96. The molecule has 0 aromatic carbocycles. The van der Waals surface area contributed by atoms with E-state index in [1.165, 1.54) is 11.3 Å². The number of aryl methyl sites for hydroxylation is 2. The van der Waals surface area contributed by atoms with Gasteiger partial charge in [0.1, 0.15) is 6.29 Å². The molecule has 1 aromatic rings. The molecule has 0 saturated heterocycles. The van der Waals surface area contributed by atoms with Gasteiger partial charge in [-0.15, -0.1) is 0 Å². The van der Waals surface area contributed by atoms with E-state index in [0.717, 1.165) is 18.4 Å². The highest BCUT2D eigenvalue weighted by atomic mass is 16.1. The van der Waals surface area contributed by atoms with Crippen LogP contribution in [0.4, 0.5) is 0 Å². The summed E-state index contributed by atoms with van der Waals surface area (Å²) in [5.74, 6) is 0. The predicted molar refractivity (Wildman–Crippen MR) is 51.8 cm³/mol. The number of rotatable bonds is 4. The Morgan fingerprint density at radius 3 is 2.62 bits per heavy atom. The van der Waals surface area contributed by atoms with E-state index in [0.29, 0.717) is 13.0 Å². The molecule has 0 bridgehead atoms. The molecule has 0 N–H and O–H groups in total. The molecule has 0 unspecified atom stereocenters. The fraction of sp³-hybridized carbons (Fsp3) is 0.600. The van der Waals surface area contributed by atoms with Gasteiger partial charge in [-0.2, -0.15) is 5.10 Å². The van der Waals surface area contributed by atoms with Crippen LogP contribution < -0.4 is 0 Å². The van der Waals surface area contributed by atoms with Crippen LogP contribution in [0.25, 0.3) is 0 Å². The standard InChI is InChI=1S/C10H16N2O/c1-4-10-8(2)11-12(9(10)3)6-5-7-13/h7H,4-6H2,1-3H3. The maximum Gasteiger partial charge on any atom is 0.121 e. The third-order valence-electron chi connectivity index (χ3n) is 2.34. The highest BCUT2D eigenvalue weighted by Gasteiger charge is 2.08. The maximum atomic E-state index is 10.2. The van der Waals surface area contributed by atoms with Gasteiger partial charge in [-0.1, -0.05) is 6.92 Å². The third-order valence-corrected chi connectivity index (χ3v) is 2.34. The second kappa shape index (κ2) is 4.21. The van der Waals surface area contributed by atoms with Crippen molar-refractivity contribution in [1.82, 2.24) is 9.78 Å². The van der Waals surface area contributed by atoms with Gasteiger partial charge in [-0.3, -0.25) is 4.68 Å². The highest BCUT2D eigenvalue weighted by molar-refractivity contribution is 5.49. The number of hydrogen-bond donors (Lipinski definition) is 0. The van der Waals surface area contributed by atoms with Crippen molar-refractivity contribution in [3.8, 4) is 0 Å². The molecule has 1 heterocycles. The summed E-state index contributed by atoms with van der Waals surface area (Å²) < 4.78 is 1.92. The van der Waals surface area contributed by atoms with Crippen LogP contribution in [0, 0.1) is 13.8 Å². The average molecular weight is 180 g/mol. The quantitative estimate of drug-likeness (QED) is 0.660. The van der Waals surface area contributed by atoms with E-state index >= 15 is 0 Å². The molecule has 1 aromatic heterocycles. The lowest BCUT2D eigenvalue weighted by molar-refractivity contribution is -0.108. The van der Waals surface area contributed by atoms with Crippen LogP contribution in [-0.4, -0.2) is 16.1 Å². The predicted octanol–water partition coefficient (Wildman–Crippen LogP) is 1.65. The zero-order valence-corrected chi connectivity index (χ0v) is 8.50. The highest BCUT2D eigenvalue weighted by Crippen LogP contribution is 2.13. The molecule has 72 valence electrons. The van der Waals surface area contributed by atoms with Crippen LogP contribution >= 0.6 is 0 Å². The monoisotopic (exact) mass is 180 g/mol. The van der Waals surface area contributed by atoms with Gasteiger partial charge in [0.05, 0.1) is 5.69 Å². The number of aromatic nitrogens is 2. The van der Waals surface area contributed by atoms with Crippen LogP contribution in [0.2, 0.25) is 0 Å². The van der Waals surface area contributed by atoms with Crippen LogP contribution in [-0.2, 0) is 17.8 Å². The summed E-state index contributed by atoms with van der Waals surface area (Å²) in [4.78, 5) is 10.2. The van der Waals surface area contributed by atoms with Crippen molar-refractivity contribution in [2.45, 2.75) is 40.2 Å². The van der Waals surface area contributed by atoms with E-state index in [1.807, 2.05) is 11.6 Å². The summed E-state index contributed by atoms with van der Waals surface area (Å²) in [6, 6.07) is 0. The molecular formula is C10H16N2O.